The lowest BCUT2D eigenvalue weighted by atomic mass is 9.79. The summed E-state index contributed by atoms with van der Waals surface area (Å²) < 4.78 is 11.1. The summed E-state index contributed by atoms with van der Waals surface area (Å²) in [5.41, 5.74) is 0.753. The number of fused-ring (bicyclic) bond motifs is 2. The SMILES string of the molecule is COc1ccc(C2(O)c3ccccc3Oc3ncccc32)cc1. The van der Waals surface area contributed by atoms with Crippen LogP contribution in [0.25, 0.3) is 0 Å². The molecule has 0 saturated heterocycles. The Kier molecular flexibility index (Phi) is 3.06. The van der Waals surface area contributed by atoms with Gasteiger partial charge in [-0.05, 0) is 35.9 Å². The van der Waals surface area contributed by atoms with E-state index in [4.69, 9.17) is 9.47 Å². The maximum atomic E-state index is 11.6. The molecule has 1 N–H and O–H groups in total. The molecule has 114 valence electrons. The molecule has 23 heavy (non-hydrogen) atoms. The fourth-order valence-corrected chi connectivity index (χ4v) is 2.99. The molecule has 0 fully saturated rings. The summed E-state index contributed by atoms with van der Waals surface area (Å²) in [5, 5.41) is 11.6. The number of methoxy groups -OCH3 is 1. The van der Waals surface area contributed by atoms with E-state index in [9.17, 15) is 5.11 Å². The first-order valence-corrected chi connectivity index (χ1v) is 7.33. The number of benzene rings is 2. The molecule has 0 bridgehead atoms. The predicted octanol–water partition coefficient (Wildman–Crippen LogP) is 3.48. The molecule has 4 heteroatoms. The fourth-order valence-electron chi connectivity index (χ4n) is 2.99. The van der Waals surface area contributed by atoms with Crippen molar-refractivity contribution in [3.63, 3.8) is 0 Å². The highest BCUT2D eigenvalue weighted by molar-refractivity contribution is 5.59. The lowest BCUT2D eigenvalue weighted by Gasteiger charge is -2.35. The van der Waals surface area contributed by atoms with Crippen molar-refractivity contribution < 1.29 is 14.6 Å². The van der Waals surface area contributed by atoms with Gasteiger partial charge in [-0.1, -0.05) is 30.3 Å². The van der Waals surface area contributed by atoms with Crippen molar-refractivity contribution in [2.45, 2.75) is 5.60 Å². The Morgan fingerprint density at radius 1 is 0.957 bits per heavy atom. The van der Waals surface area contributed by atoms with Crippen molar-refractivity contribution >= 4 is 0 Å². The van der Waals surface area contributed by atoms with Gasteiger partial charge in [0.2, 0.25) is 5.88 Å². The molecule has 1 aromatic heterocycles. The Hall–Kier alpha value is -2.85. The van der Waals surface area contributed by atoms with Gasteiger partial charge < -0.3 is 14.6 Å². The van der Waals surface area contributed by atoms with Crippen LogP contribution in [0.15, 0.2) is 66.9 Å². The molecule has 1 aliphatic heterocycles. The van der Waals surface area contributed by atoms with Crippen LogP contribution < -0.4 is 9.47 Å². The fraction of sp³-hybridized carbons (Fsp3) is 0.105. The number of ether oxygens (including phenoxy) is 2. The number of nitrogens with zero attached hydrogens (tertiary/aromatic N) is 1. The number of aromatic nitrogens is 1. The van der Waals surface area contributed by atoms with E-state index in [-0.39, 0.29) is 0 Å². The Morgan fingerprint density at radius 2 is 1.70 bits per heavy atom. The maximum absolute atomic E-state index is 11.6. The minimum absolute atomic E-state index is 0.421. The molecule has 1 unspecified atom stereocenters. The first-order valence-electron chi connectivity index (χ1n) is 7.33. The standard InChI is InChI=1S/C19H15NO3/c1-22-14-10-8-13(9-11-14)19(21)15-5-2-3-7-17(15)23-18-16(19)6-4-12-20-18/h2-12,21H,1H3. The van der Waals surface area contributed by atoms with E-state index in [1.54, 1.807) is 19.4 Å². The second-order valence-corrected chi connectivity index (χ2v) is 5.39. The Labute approximate surface area is 134 Å². The van der Waals surface area contributed by atoms with Crippen molar-refractivity contribution in [1.82, 2.24) is 4.98 Å². The summed E-state index contributed by atoms with van der Waals surface area (Å²) >= 11 is 0. The summed E-state index contributed by atoms with van der Waals surface area (Å²) in [4.78, 5) is 4.27. The summed E-state index contributed by atoms with van der Waals surface area (Å²) in [6, 6.07) is 18.5. The van der Waals surface area contributed by atoms with Crippen molar-refractivity contribution in [3.05, 3.63) is 83.6 Å². The Bertz CT molecular complexity index is 813. The molecule has 0 radical (unpaired) electrons. The van der Waals surface area contributed by atoms with Crippen molar-refractivity contribution in [1.29, 1.82) is 0 Å². The van der Waals surface area contributed by atoms with Crippen molar-refractivity contribution in [2.24, 2.45) is 0 Å². The summed E-state index contributed by atoms with van der Waals surface area (Å²) in [6.07, 6.45) is 1.65. The summed E-state index contributed by atoms with van der Waals surface area (Å²) in [7, 11) is 1.62. The second-order valence-electron chi connectivity index (χ2n) is 5.39. The van der Waals surface area contributed by atoms with Crippen LogP contribution in [-0.2, 0) is 5.60 Å². The molecule has 0 aliphatic carbocycles. The zero-order valence-electron chi connectivity index (χ0n) is 12.6. The molecular formula is C19H15NO3. The highest BCUT2D eigenvalue weighted by Crippen LogP contribution is 2.49. The third-order valence-corrected chi connectivity index (χ3v) is 4.15. The molecule has 4 nitrogen and oxygen atoms in total. The quantitative estimate of drug-likeness (QED) is 0.787. The van der Waals surface area contributed by atoms with Crippen molar-refractivity contribution in [3.8, 4) is 17.4 Å². The van der Waals surface area contributed by atoms with Crippen LogP contribution in [0.4, 0.5) is 0 Å². The first-order chi connectivity index (χ1) is 11.2. The number of rotatable bonds is 2. The van der Waals surface area contributed by atoms with E-state index in [0.717, 1.165) is 11.3 Å². The van der Waals surface area contributed by atoms with Gasteiger partial charge in [-0.15, -0.1) is 0 Å². The predicted molar refractivity (Wildman–Crippen MR) is 85.8 cm³/mol. The van der Waals surface area contributed by atoms with Crippen LogP contribution in [0.3, 0.4) is 0 Å². The topological polar surface area (TPSA) is 51.6 Å². The number of pyridine rings is 1. The average molecular weight is 305 g/mol. The van der Waals surface area contributed by atoms with Gasteiger partial charge >= 0.3 is 0 Å². The van der Waals surface area contributed by atoms with E-state index < -0.39 is 5.60 Å². The van der Waals surface area contributed by atoms with Gasteiger partial charge in [0.25, 0.3) is 0 Å². The molecular weight excluding hydrogens is 290 g/mol. The van der Waals surface area contributed by atoms with Crippen molar-refractivity contribution in [2.75, 3.05) is 7.11 Å². The van der Waals surface area contributed by atoms with Crippen LogP contribution in [0.1, 0.15) is 16.7 Å². The van der Waals surface area contributed by atoms with Crippen LogP contribution >= 0.6 is 0 Å². The second kappa shape index (κ2) is 5.11. The minimum Gasteiger partial charge on any atom is -0.497 e. The van der Waals surface area contributed by atoms with Gasteiger partial charge in [0.1, 0.15) is 17.1 Å². The molecule has 1 atom stereocenters. The average Bonchev–Trinajstić information content (AvgIpc) is 2.62. The zero-order valence-corrected chi connectivity index (χ0v) is 12.6. The van der Waals surface area contributed by atoms with Gasteiger partial charge in [0.15, 0.2) is 0 Å². The largest absolute Gasteiger partial charge is 0.497 e. The van der Waals surface area contributed by atoms with Crippen LogP contribution in [0, 0.1) is 0 Å². The van der Waals surface area contributed by atoms with Gasteiger partial charge in [-0.2, -0.15) is 0 Å². The van der Waals surface area contributed by atoms with E-state index in [1.807, 2.05) is 54.6 Å². The highest BCUT2D eigenvalue weighted by atomic mass is 16.5. The molecule has 4 rings (SSSR count). The van der Waals surface area contributed by atoms with Gasteiger partial charge in [0.05, 0.1) is 12.7 Å². The van der Waals surface area contributed by atoms with E-state index in [0.29, 0.717) is 22.8 Å². The number of aliphatic hydroxyl groups is 1. The maximum Gasteiger partial charge on any atom is 0.226 e. The summed E-state index contributed by atoms with van der Waals surface area (Å²) in [5.74, 6) is 1.77. The molecule has 0 spiro atoms. The Balaban J connectivity index is 1.98. The third kappa shape index (κ3) is 1.99. The first kappa shape index (κ1) is 13.8. The van der Waals surface area contributed by atoms with Gasteiger partial charge in [-0.3, -0.25) is 0 Å². The normalized spacial score (nSPS) is 18.5. The zero-order chi connectivity index (χ0) is 15.9. The monoisotopic (exact) mass is 305 g/mol. The molecule has 0 saturated carbocycles. The smallest absolute Gasteiger partial charge is 0.226 e. The van der Waals surface area contributed by atoms with E-state index in [2.05, 4.69) is 4.98 Å². The number of hydrogen-bond donors (Lipinski definition) is 1. The highest BCUT2D eigenvalue weighted by Gasteiger charge is 2.42. The van der Waals surface area contributed by atoms with Crippen LogP contribution in [0.2, 0.25) is 0 Å². The van der Waals surface area contributed by atoms with E-state index >= 15 is 0 Å². The van der Waals surface area contributed by atoms with Gasteiger partial charge in [0, 0.05) is 11.8 Å². The third-order valence-electron chi connectivity index (χ3n) is 4.15. The lowest BCUT2D eigenvalue weighted by molar-refractivity contribution is 0.111. The van der Waals surface area contributed by atoms with Gasteiger partial charge in [-0.25, -0.2) is 4.98 Å². The molecule has 2 heterocycles. The van der Waals surface area contributed by atoms with Crippen LogP contribution in [0.5, 0.6) is 17.4 Å². The molecule has 2 aromatic carbocycles. The minimum atomic E-state index is -1.31. The Morgan fingerprint density at radius 3 is 2.48 bits per heavy atom. The molecule has 0 amide bonds. The van der Waals surface area contributed by atoms with Crippen LogP contribution in [-0.4, -0.2) is 17.2 Å². The molecule has 3 aromatic rings. The number of para-hydroxylation sites is 1. The molecule has 1 aliphatic rings. The summed E-state index contributed by atoms with van der Waals surface area (Å²) in [6.45, 7) is 0. The lowest BCUT2D eigenvalue weighted by Crippen LogP contribution is -2.32. The van der Waals surface area contributed by atoms with E-state index in [1.165, 1.54) is 0 Å². The number of hydrogen-bond acceptors (Lipinski definition) is 4.